The molecular weight excluding hydrogens is 210 g/mol. The molecule has 1 amide bonds. The maximum absolute atomic E-state index is 11.9. The maximum atomic E-state index is 11.9. The van der Waals surface area contributed by atoms with Crippen molar-refractivity contribution >= 4 is 11.7 Å². The van der Waals surface area contributed by atoms with Crippen molar-refractivity contribution in [3.63, 3.8) is 0 Å². The van der Waals surface area contributed by atoms with Crippen LogP contribution in [0.25, 0.3) is 0 Å². The average Bonchev–Trinajstić information content (AvgIpc) is 2.27. The molecule has 0 saturated heterocycles. The molecule has 8 heteroatoms. The van der Waals surface area contributed by atoms with Gasteiger partial charge in [0, 0.05) is 12.4 Å². The highest BCUT2D eigenvalue weighted by molar-refractivity contribution is 5.96. The molecule has 3 N–H and O–H groups in total. The molecule has 0 spiro atoms. The number of carbonyl (C=O) groups excluding carboxylic acids is 2. The number of halogens is 2. The first kappa shape index (κ1) is 11.1. The Labute approximate surface area is 82.5 Å². The van der Waals surface area contributed by atoms with Crippen molar-refractivity contribution < 1.29 is 18.4 Å². The number of amides is 1. The highest BCUT2D eigenvalue weighted by Crippen LogP contribution is 2.03. The van der Waals surface area contributed by atoms with E-state index in [-0.39, 0.29) is 5.56 Å². The van der Waals surface area contributed by atoms with Crippen molar-refractivity contribution in [3.8, 4) is 0 Å². The quantitative estimate of drug-likeness (QED) is 0.308. The van der Waals surface area contributed by atoms with Gasteiger partial charge in [0.05, 0.1) is 5.56 Å². The van der Waals surface area contributed by atoms with E-state index in [0.29, 0.717) is 0 Å². The topological polar surface area (TPSA) is 98.0 Å². The van der Waals surface area contributed by atoms with Crippen LogP contribution in [-0.4, -0.2) is 28.1 Å². The first-order valence-corrected chi connectivity index (χ1v) is 3.71. The minimum atomic E-state index is -3.17. The summed E-state index contributed by atoms with van der Waals surface area (Å²) in [7, 11) is 0. The van der Waals surface area contributed by atoms with Crippen LogP contribution < -0.4 is 11.3 Å². The summed E-state index contributed by atoms with van der Waals surface area (Å²) in [6.45, 7) is 0. The van der Waals surface area contributed by atoms with Gasteiger partial charge in [0.2, 0.25) is 5.82 Å². The van der Waals surface area contributed by atoms with Gasteiger partial charge >= 0.3 is 6.43 Å². The zero-order valence-electron chi connectivity index (χ0n) is 7.28. The fraction of sp³-hybridized carbons (Fsp3) is 0.143. The Morgan fingerprint density at radius 2 is 1.87 bits per heavy atom. The number of hydrazine groups is 1. The summed E-state index contributed by atoms with van der Waals surface area (Å²) in [5.41, 5.74) is 1.78. The first-order chi connectivity index (χ1) is 7.06. The number of nitrogen functional groups attached to an aromatic ring is 1. The molecule has 0 aliphatic carbocycles. The second kappa shape index (κ2) is 4.51. The molecule has 0 aromatic carbocycles. The van der Waals surface area contributed by atoms with Gasteiger partial charge in [-0.3, -0.25) is 15.0 Å². The van der Waals surface area contributed by atoms with Gasteiger partial charge in [-0.05, 0) is 0 Å². The second-order valence-corrected chi connectivity index (χ2v) is 2.43. The van der Waals surface area contributed by atoms with Crippen LogP contribution in [0.5, 0.6) is 0 Å². The van der Waals surface area contributed by atoms with Gasteiger partial charge in [0.15, 0.2) is 0 Å². The number of rotatable bonds is 3. The number of aromatic nitrogens is 2. The molecule has 0 atom stereocenters. The van der Waals surface area contributed by atoms with Crippen LogP contribution >= 0.6 is 0 Å². The molecule has 0 fully saturated rings. The van der Waals surface area contributed by atoms with Gasteiger partial charge < -0.3 is 0 Å². The molecule has 80 valence electrons. The van der Waals surface area contributed by atoms with Crippen LogP contribution in [-0.2, 0) is 0 Å². The summed E-state index contributed by atoms with van der Waals surface area (Å²) in [6.07, 6.45) is -1.30. The van der Waals surface area contributed by atoms with E-state index >= 15 is 0 Å². The number of nitrogens with one attached hydrogen (secondary N) is 1. The molecule has 0 radical (unpaired) electrons. The standard InChI is InChI=1S/C7H6F2N4O2/c8-5(9)4(14)6-11-1-3(2-12-6)7(15)13-10/h1-2,5H,10H2,(H,13,15). The van der Waals surface area contributed by atoms with Crippen molar-refractivity contribution in [2.75, 3.05) is 0 Å². The molecule has 1 rings (SSSR count). The van der Waals surface area contributed by atoms with E-state index in [1.54, 1.807) is 5.43 Å². The minimum absolute atomic E-state index is 0.0247. The van der Waals surface area contributed by atoms with Gasteiger partial charge in [0.25, 0.3) is 11.7 Å². The van der Waals surface area contributed by atoms with E-state index in [2.05, 4.69) is 9.97 Å². The molecule has 0 aliphatic rings. The zero-order valence-corrected chi connectivity index (χ0v) is 7.28. The molecule has 6 nitrogen and oxygen atoms in total. The summed E-state index contributed by atoms with van der Waals surface area (Å²) in [4.78, 5) is 28.2. The van der Waals surface area contributed by atoms with E-state index in [0.717, 1.165) is 12.4 Å². The summed E-state index contributed by atoms with van der Waals surface area (Å²) in [5, 5.41) is 0. The maximum Gasteiger partial charge on any atom is 0.303 e. The third-order valence-corrected chi connectivity index (χ3v) is 1.46. The van der Waals surface area contributed by atoms with Crippen LogP contribution in [0.15, 0.2) is 12.4 Å². The monoisotopic (exact) mass is 216 g/mol. The predicted molar refractivity (Wildman–Crippen MR) is 44.0 cm³/mol. The zero-order chi connectivity index (χ0) is 11.4. The van der Waals surface area contributed by atoms with E-state index in [9.17, 15) is 18.4 Å². The van der Waals surface area contributed by atoms with Crippen molar-refractivity contribution in [3.05, 3.63) is 23.8 Å². The Kier molecular flexibility index (Phi) is 3.34. The van der Waals surface area contributed by atoms with Crippen LogP contribution in [0.4, 0.5) is 8.78 Å². The number of nitrogens with two attached hydrogens (primary N) is 1. The third kappa shape index (κ3) is 2.50. The molecule has 0 saturated carbocycles. The predicted octanol–water partition coefficient (Wildman–Crippen LogP) is -0.472. The van der Waals surface area contributed by atoms with E-state index in [4.69, 9.17) is 5.84 Å². The fourth-order valence-corrected chi connectivity index (χ4v) is 0.753. The summed E-state index contributed by atoms with van der Waals surface area (Å²) < 4.78 is 23.8. The number of ketones is 1. The van der Waals surface area contributed by atoms with Crippen LogP contribution in [0.3, 0.4) is 0 Å². The van der Waals surface area contributed by atoms with Gasteiger partial charge in [-0.15, -0.1) is 0 Å². The highest BCUT2D eigenvalue weighted by Gasteiger charge is 2.20. The lowest BCUT2D eigenvalue weighted by atomic mass is 10.3. The smallest absolute Gasteiger partial charge is 0.290 e. The van der Waals surface area contributed by atoms with Crippen molar-refractivity contribution in [2.45, 2.75) is 6.43 Å². The van der Waals surface area contributed by atoms with Gasteiger partial charge in [0.1, 0.15) is 0 Å². The molecule has 0 bridgehead atoms. The normalized spacial score (nSPS) is 10.1. The van der Waals surface area contributed by atoms with Gasteiger partial charge in [-0.2, -0.15) is 0 Å². The Balaban J connectivity index is 2.90. The summed E-state index contributed by atoms with van der Waals surface area (Å²) in [6, 6.07) is 0. The molecule has 15 heavy (non-hydrogen) atoms. The number of Topliss-reactive ketones (excluding diaryl/α,β-unsaturated/α-hetero) is 1. The molecule has 0 unspecified atom stereocenters. The number of carbonyl (C=O) groups is 2. The van der Waals surface area contributed by atoms with Crippen molar-refractivity contribution in [1.29, 1.82) is 0 Å². The molecular formula is C7H6F2N4O2. The number of alkyl halides is 2. The lowest BCUT2D eigenvalue weighted by Gasteiger charge is -2.00. The lowest BCUT2D eigenvalue weighted by Crippen LogP contribution is -2.30. The Hall–Kier alpha value is -1.96. The summed E-state index contributed by atoms with van der Waals surface area (Å²) >= 11 is 0. The third-order valence-electron chi connectivity index (χ3n) is 1.46. The SMILES string of the molecule is NNC(=O)c1cnc(C(=O)C(F)F)nc1. The first-order valence-electron chi connectivity index (χ1n) is 3.71. The van der Waals surface area contributed by atoms with Crippen LogP contribution in [0.1, 0.15) is 21.0 Å². The number of nitrogens with zero attached hydrogens (tertiary/aromatic N) is 2. The molecule has 1 aromatic heterocycles. The highest BCUT2D eigenvalue weighted by atomic mass is 19.3. The van der Waals surface area contributed by atoms with E-state index in [1.165, 1.54) is 0 Å². The van der Waals surface area contributed by atoms with Gasteiger partial charge in [-0.25, -0.2) is 24.6 Å². The Morgan fingerprint density at radius 1 is 1.33 bits per heavy atom. The Bertz CT molecular complexity index is 379. The minimum Gasteiger partial charge on any atom is -0.290 e. The lowest BCUT2D eigenvalue weighted by molar-refractivity contribution is 0.0666. The van der Waals surface area contributed by atoms with E-state index in [1.807, 2.05) is 0 Å². The number of hydrogen-bond acceptors (Lipinski definition) is 5. The van der Waals surface area contributed by atoms with Crippen molar-refractivity contribution in [2.24, 2.45) is 5.84 Å². The van der Waals surface area contributed by atoms with Gasteiger partial charge in [-0.1, -0.05) is 0 Å². The fourth-order valence-electron chi connectivity index (χ4n) is 0.753. The van der Waals surface area contributed by atoms with Crippen LogP contribution in [0.2, 0.25) is 0 Å². The Morgan fingerprint density at radius 3 is 2.27 bits per heavy atom. The largest absolute Gasteiger partial charge is 0.303 e. The second-order valence-electron chi connectivity index (χ2n) is 2.43. The molecule has 0 aliphatic heterocycles. The summed E-state index contributed by atoms with van der Waals surface area (Å²) in [5.74, 6) is 2.00. The van der Waals surface area contributed by atoms with E-state index < -0.39 is 23.9 Å². The van der Waals surface area contributed by atoms with Crippen molar-refractivity contribution in [1.82, 2.24) is 15.4 Å². The van der Waals surface area contributed by atoms with Crippen LogP contribution in [0, 0.1) is 0 Å². The number of hydrogen-bond donors (Lipinski definition) is 2. The average molecular weight is 216 g/mol. The molecule has 1 aromatic rings. The molecule has 1 heterocycles.